The number of allylic oxidation sites excluding steroid dienone is 3. The third kappa shape index (κ3) is 7.62. The Bertz CT molecular complexity index is 2260. The van der Waals surface area contributed by atoms with Crippen molar-refractivity contribution < 1.29 is 25.2 Å². The number of carbonyl (C=O) groups excluding carboxylic acids is 1. The summed E-state index contributed by atoms with van der Waals surface area (Å²) in [4.78, 5) is 24.5. The molecule has 0 aromatic carbocycles. The Morgan fingerprint density at radius 1 is 0.942 bits per heavy atom. The molecular formula is C57H85N5O5S2. The molecule has 12 heteroatoms. The van der Waals surface area contributed by atoms with Gasteiger partial charge >= 0.3 is 0 Å². The highest BCUT2D eigenvalue weighted by atomic mass is 33.1. The molecule has 9 aliphatic carbocycles. The largest absolute Gasteiger partial charge is 0.392 e. The van der Waals surface area contributed by atoms with Crippen LogP contribution in [-0.4, -0.2) is 83.7 Å². The van der Waals surface area contributed by atoms with Gasteiger partial charge in [0, 0.05) is 65.6 Å². The Hall–Kier alpha value is -2.09. The Labute approximate surface area is 420 Å². The van der Waals surface area contributed by atoms with Crippen molar-refractivity contribution in [2.45, 2.75) is 187 Å². The van der Waals surface area contributed by atoms with E-state index >= 15 is 4.79 Å². The molecule has 69 heavy (non-hydrogen) atoms. The lowest BCUT2D eigenvalue weighted by molar-refractivity contribution is -0.176. The number of nitrogens with two attached hydrogens (primary N) is 2. The lowest BCUT2D eigenvalue weighted by atomic mass is 9.41. The molecule has 11 rings (SSSR count). The number of imidazole rings is 1. The van der Waals surface area contributed by atoms with Gasteiger partial charge in [0.1, 0.15) is 0 Å². The first kappa shape index (κ1) is 49.1. The van der Waals surface area contributed by atoms with E-state index in [0.29, 0.717) is 42.6 Å². The van der Waals surface area contributed by atoms with Crippen LogP contribution in [0.3, 0.4) is 0 Å². The average molecular weight is 984 g/mol. The molecule has 1 saturated heterocycles. The van der Waals surface area contributed by atoms with Gasteiger partial charge in [0.2, 0.25) is 0 Å². The second-order valence-corrected chi connectivity index (χ2v) is 28.7. The number of fused-ring (bicyclic) bond motifs is 14. The fraction of sp³-hybridized carbons (Fsp3) is 0.807. The molecule has 380 valence electrons. The van der Waals surface area contributed by atoms with Crippen LogP contribution in [-0.2, 0) is 4.79 Å². The van der Waals surface area contributed by atoms with Crippen LogP contribution in [0.5, 0.6) is 0 Å². The van der Waals surface area contributed by atoms with Gasteiger partial charge in [-0.3, -0.25) is 9.79 Å². The minimum absolute atomic E-state index is 0.00619. The summed E-state index contributed by atoms with van der Waals surface area (Å²) in [5.41, 5.74) is 17.3. The van der Waals surface area contributed by atoms with E-state index < -0.39 is 40.7 Å². The van der Waals surface area contributed by atoms with Gasteiger partial charge in [-0.25, -0.2) is 4.98 Å². The molecule has 7 fully saturated rings. The second kappa shape index (κ2) is 18.1. The summed E-state index contributed by atoms with van der Waals surface area (Å²) in [7, 11) is 3.80. The van der Waals surface area contributed by atoms with Gasteiger partial charge in [0.15, 0.2) is 11.7 Å². The predicted molar refractivity (Wildman–Crippen MR) is 278 cm³/mol. The van der Waals surface area contributed by atoms with Crippen LogP contribution in [0.15, 0.2) is 57.7 Å². The van der Waals surface area contributed by atoms with Crippen molar-refractivity contribution in [1.82, 2.24) is 9.55 Å². The third-order valence-electron chi connectivity index (χ3n) is 21.9. The van der Waals surface area contributed by atoms with Crippen molar-refractivity contribution in [3.8, 4) is 0 Å². The fourth-order valence-electron chi connectivity index (χ4n) is 19.6. The Morgan fingerprint density at radius 2 is 1.70 bits per heavy atom. The smallest absolute Gasteiger partial charge is 0.185 e. The SMILES string of the molecule is CC(C)CCC[C@]12C[C@H](O)[C@H](O)C[C@H]1C(=O)C=C1[C@@H]2[C@H](CN=C(N)N)C[C@]2(C)[C@@H]3C[C@@H](CSSC[C@@H](n4ccnc4)CC(C)(C)C4=C5CCCC6(CCCC6)[C@@H]5C5=C6[C@H](CCC5)C[C@@H]3[C@H](O)[C@H]64)[C@@]12O. The summed E-state index contributed by atoms with van der Waals surface area (Å²) in [6.07, 6.45) is 24.4. The first-order chi connectivity index (χ1) is 32.9. The summed E-state index contributed by atoms with van der Waals surface area (Å²) >= 11 is 0. The van der Waals surface area contributed by atoms with Gasteiger partial charge in [-0.1, -0.05) is 104 Å². The van der Waals surface area contributed by atoms with E-state index in [4.69, 9.17) is 16.5 Å². The molecule has 1 spiro atoms. The van der Waals surface area contributed by atoms with Crippen molar-refractivity contribution >= 4 is 33.3 Å². The zero-order chi connectivity index (χ0) is 48.4. The number of hydrogen-bond acceptors (Lipinski definition) is 9. The standard InChI is InChI=1S/C57H85N5O5S2/c1-32(2)11-9-18-56-27-45(65)44(64)23-41(56)43(63)24-42-48(56)34(28-61-52(58)59)25-54(5)40-22-35(57(42,54)67)29-68-69-30-36(62-20-19-60-31-62)26-53(3,4)50-38-14-10-17-55(15-6-7-16-55)49(38)37-13-8-12-33-21-39(40)51(66)47(50)46(33)37/h19-20,24,31-36,39-41,44-45,47-49,51,64-67H,6-18,21-23,25-30H2,1-5H3,(H4,58,59,61)/t33-,34+,35+,36+,39+,40-,41+,44-,45+,47-,48+,49-,51+,54-,56+,57-/m1/s1. The molecule has 1 aromatic heterocycles. The van der Waals surface area contributed by atoms with Crippen LogP contribution in [0.2, 0.25) is 0 Å². The number of aromatic nitrogens is 2. The zero-order valence-electron chi connectivity index (χ0n) is 42.5. The van der Waals surface area contributed by atoms with Gasteiger partial charge in [-0.2, -0.15) is 0 Å². The maximum atomic E-state index is 15.1. The molecule has 0 unspecified atom stereocenters. The van der Waals surface area contributed by atoms with E-state index in [2.05, 4.69) is 50.4 Å². The van der Waals surface area contributed by atoms with Crippen molar-refractivity contribution in [2.24, 2.45) is 97.3 Å². The highest BCUT2D eigenvalue weighted by molar-refractivity contribution is 8.76. The topological polar surface area (TPSA) is 180 Å². The zero-order valence-corrected chi connectivity index (χ0v) is 44.1. The number of aliphatic hydroxyl groups is 4. The van der Waals surface area contributed by atoms with Gasteiger partial charge in [0.05, 0.1) is 30.2 Å². The van der Waals surface area contributed by atoms with E-state index in [9.17, 15) is 20.4 Å². The molecular weight excluding hydrogens is 899 g/mol. The molecule has 0 radical (unpaired) electrons. The van der Waals surface area contributed by atoms with Crippen LogP contribution in [0, 0.1) is 80.8 Å². The average Bonchev–Trinajstić information content (AvgIpc) is 4.06. The summed E-state index contributed by atoms with van der Waals surface area (Å²) in [5.74, 6) is 1.94. The molecule has 16 atom stereocenters. The number of guanidine groups is 1. The van der Waals surface area contributed by atoms with Gasteiger partial charge in [-0.05, 0) is 160 Å². The van der Waals surface area contributed by atoms with Crippen LogP contribution in [0.4, 0.5) is 0 Å². The summed E-state index contributed by atoms with van der Waals surface area (Å²) < 4.78 is 2.34. The number of ketones is 1. The highest BCUT2D eigenvalue weighted by Gasteiger charge is 2.74. The number of rotatable bonds is 7. The number of hydrogen-bond donors (Lipinski definition) is 6. The minimum atomic E-state index is -1.34. The molecule has 2 heterocycles. The Kier molecular flexibility index (Phi) is 12.9. The quantitative estimate of drug-likeness (QED) is 0.0667. The normalized spacial score (nSPS) is 44.5. The lowest BCUT2D eigenvalue weighted by Gasteiger charge is -2.65. The van der Waals surface area contributed by atoms with Crippen molar-refractivity contribution in [2.75, 3.05) is 18.1 Å². The van der Waals surface area contributed by atoms with Crippen LogP contribution in [0.1, 0.15) is 163 Å². The van der Waals surface area contributed by atoms with Gasteiger partial charge in [-0.15, -0.1) is 0 Å². The molecule has 1 aromatic rings. The third-order valence-corrected chi connectivity index (χ3v) is 24.4. The minimum Gasteiger partial charge on any atom is -0.392 e. The maximum absolute atomic E-state index is 15.1. The highest BCUT2D eigenvalue weighted by Crippen LogP contribution is 2.75. The molecule has 0 amide bonds. The van der Waals surface area contributed by atoms with E-state index in [1.807, 2.05) is 40.2 Å². The fourth-order valence-corrected chi connectivity index (χ4v) is 22.3. The van der Waals surface area contributed by atoms with Crippen molar-refractivity contribution in [3.05, 3.63) is 52.7 Å². The van der Waals surface area contributed by atoms with E-state index in [1.165, 1.54) is 51.4 Å². The number of nitrogens with zero attached hydrogens (tertiary/aromatic N) is 3. The van der Waals surface area contributed by atoms with E-state index in [1.54, 1.807) is 22.3 Å². The molecule has 6 saturated carbocycles. The van der Waals surface area contributed by atoms with E-state index in [0.717, 1.165) is 68.4 Å². The summed E-state index contributed by atoms with van der Waals surface area (Å²) in [5, 5.41) is 51.5. The summed E-state index contributed by atoms with van der Waals surface area (Å²) in [6, 6.07) is 0.196. The lowest BCUT2D eigenvalue weighted by Crippen LogP contribution is -2.66. The van der Waals surface area contributed by atoms with Crippen molar-refractivity contribution in [3.63, 3.8) is 0 Å². The van der Waals surface area contributed by atoms with Gasteiger partial charge < -0.3 is 36.5 Å². The predicted octanol–water partition coefficient (Wildman–Crippen LogP) is 9.74. The van der Waals surface area contributed by atoms with Crippen molar-refractivity contribution in [1.29, 1.82) is 0 Å². The number of aliphatic hydroxyl groups excluding tert-OH is 3. The van der Waals surface area contributed by atoms with Crippen LogP contribution < -0.4 is 11.5 Å². The number of aliphatic imine (C=N–C) groups is 1. The molecule has 10 aliphatic rings. The molecule has 1 aliphatic heterocycles. The van der Waals surface area contributed by atoms with Crippen LogP contribution in [0.25, 0.3) is 0 Å². The van der Waals surface area contributed by atoms with Crippen LogP contribution >= 0.6 is 21.6 Å². The first-order valence-corrected chi connectivity index (χ1v) is 30.2. The van der Waals surface area contributed by atoms with E-state index in [-0.39, 0.29) is 65.1 Å². The monoisotopic (exact) mass is 984 g/mol. The summed E-state index contributed by atoms with van der Waals surface area (Å²) in [6.45, 7) is 12.2. The molecule has 8 N–H and O–H groups in total. The second-order valence-electron chi connectivity index (χ2n) is 26.1. The molecule has 10 nitrogen and oxygen atoms in total. The first-order valence-electron chi connectivity index (χ1n) is 27.7. The van der Waals surface area contributed by atoms with Gasteiger partial charge in [0.25, 0.3) is 0 Å². The Balaban J connectivity index is 1.09. The number of carbonyl (C=O) groups is 1. The Morgan fingerprint density at radius 3 is 2.43 bits per heavy atom. The maximum Gasteiger partial charge on any atom is 0.185 e. The molecule has 4 bridgehead atoms.